The summed E-state index contributed by atoms with van der Waals surface area (Å²) in [6.07, 6.45) is 1.26. The number of carbonyl (C=O) groups excluding carboxylic acids is 1. The minimum atomic E-state index is -0.591. The third-order valence-electron chi connectivity index (χ3n) is 4.89. The zero-order valence-electron chi connectivity index (χ0n) is 17.9. The van der Waals surface area contributed by atoms with Crippen LogP contribution in [0.25, 0.3) is 0 Å². The summed E-state index contributed by atoms with van der Waals surface area (Å²) in [5, 5.41) is 5.74. The molecule has 0 bridgehead atoms. The van der Waals surface area contributed by atoms with Crippen LogP contribution in [0.3, 0.4) is 0 Å². The Hall–Kier alpha value is -2.52. The second-order valence-electron chi connectivity index (χ2n) is 7.08. The molecule has 0 saturated carbocycles. The van der Waals surface area contributed by atoms with Crippen molar-refractivity contribution in [3.05, 3.63) is 96.6 Å². The van der Waals surface area contributed by atoms with Crippen molar-refractivity contribution in [2.45, 2.75) is 19.4 Å². The lowest BCUT2D eigenvalue weighted by Gasteiger charge is -2.21. The first-order chi connectivity index (χ1) is 15.3. The third-order valence-corrected chi connectivity index (χ3v) is 7.40. The summed E-state index contributed by atoms with van der Waals surface area (Å²) >= 11 is 0. The van der Waals surface area contributed by atoms with Gasteiger partial charge in [0.2, 0.25) is 5.91 Å². The monoisotopic (exact) mass is 435 g/mol. The van der Waals surface area contributed by atoms with E-state index in [9.17, 15) is 4.79 Å². The quantitative estimate of drug-likeness (QED) is 0.261. The average Bonchev–Trinajstić information content (AvgIpc) is 2.83. The molecule has 162 valence electrons. The third kappa shape index (κ3) is 7.59. The maximum atomic E-state index is 12.9. The summed E-state index contributed by atoms with van der Waals surface area (Å²) in [4.78, 5) is 12.9. The number of ether oxygens (including phenoxy) is 2. The first kappa shape index (κ1) is 23.1. The zero-order valence-corrected chi connectivity index (χ0v) is 18.8. The van der Waals surface area contributed by atoms with Crippen LogP contribution in [0.1, 0.15) is 24.9 Å². The minimum absolute atomic E-state index is 0.0354. The van der Waals surface area contributed by atoms with E-state index in [0.717, 1.165) is 11.7 Å². The molecule has 3 rings (SSSR count). The zero-order chi connectivity index (χ0) is 21.7. The van der Waals surface area contributed by atoms with Gasteiger partial charge in [-0.05, 0) is 37.2 Å². The van der Waals surface area contributed by atoms with E-state index in [0.29, 0.717) is 19.6 Å². The van der Waals surface area contributed by atoms with Crippen LogP contribution >= 0.6 is 7.92 Å². The molecule has 1 N–H and O–H groups in total. The molecule has 0 saturated heterocycles. The molecule has 0 radical (unpaired) electrons. The van der Waals surface area contributed by atoms with Crippen LogP contribution in [0.15, 0.2) is 91.0 Å². The topological polar surface area (TPSA) is 47.6 Å². The molecule has 0 heterocycles. The van der Waals surface area contributed by atoms with Crippen molar-refractivity contribution in [3.8, 4) is 0 Å². The fraction of sp³-hybridized carbons (Fsp3) is 0.269. The lowest BCUT2D eigenvalue weighted by atomic mass is 10.1. The fourth-order valence-electron chi connectivity index (χ4n) is 3.32. The number of benzene rings is 3. The van der Waals surface area contributed by atoms with Gasteiger partial charge in [-0.25, -0.2) is 0 Å². The number of amides is 1. The maximum absolute atomic E-state index is 12.9. The molecular formula is C26H30NO3P. The van der Waals surface area contributed by atoms with Crippen LogP contribution in [0.5, 0.6) is 0 Å². The number of hydrogen-bond acceptors (Lipinski definition) is 3. The second-order valence-corrected chi connectivity index (χ2v) is 9.42. The number of nitrogens with one attached hydrogen (secondary N) is 1. The molecule has 1 amide bonds. The van der Waals surface area contributed by atoms with Crippen molar-refractivity contribution in [1.82, 2.24) is 5.32 Å². The van der Waals surface area contributed by atoms with Gasteiger partial charge in [-0.3, -0.25) is 4.79 Å². The Kier molecular flexibility index (Phi) is 9.72. The van der Waals surface area contributed by atoms with E-state index in [-0.39, 0.29) is 18.7 Å². The van der Waals surface area contributed by atoms with Crippen molar-refractivity contribution in [3.63, 3.8) is 0 Å². The van der Waals surface area contributed by atoms with Crippen LogP contribution in [-0.4, -0.2) is 32.1 Å². The van der Waals surface area contributed by atoms with Crippen molar-refractivity contribution < 1.29 is 14.3 Å². The highest BCUT2D eigenvalue weighted by Crippen LogP contribution is 2.34. The Morgan fingerprint density at radius 2 is 1.39 bits per heavy atom. The number of carbonyl (C=O) groups is 1. The van der Waals surface area contributed by atoms with Crippen LogP contribution in [-0.2, 0) is 14.3 Å². The molecule has 3 aromatic carbocycles. The van der Waals surface area contributed by atoms with Gasteiger partial charge in [0, 0.05) is 13.0 Å². The maximum Gasteiger partial charge on any atom is 0.220 e. The fourth-order valence-corrected chi connectivity index (χ4v) is 5.62. The molecule has 4 nitrogen and oxygen atoms in total. The van der Waals surface area contributed by atoms with E-state index < -0.39 is 7.92 Å². The predicted molar refractivity (Wildman–Crippen MR) is 128 cm³/mol. The Bertz CT molecular complexity index is 851. The normalized spacial score (nSPS) is 11.9. The highest BCUT2D eigenvalue weighted by molar-refractivity contribution is 7.73. The molecule has 0 unspecified atom stereocenters. The SMILES string of the molecule is CCOCOC[C@H](NC(=O)CCP(c1ccccc1)c1ccccc1)c1ccccc1. The van der Waals surface area contributed by atoms with Gasteiger partial charge in [0.1, 0.15) is 6.79 Å². The average molecular weight is 436 g/mol. The van der Waals surface area contributed by atoms with E-state index in [1.165, 1.54) is 10.6 Å². The Morgan fingerprint density at radius 3 is 1.94 bits per heavy atom. The Morgan fingerprint density at radius 1 is 0.839 bits per heavy atom. The van der Waals surface area contributed by atoms with Crippen LogP contribution in [0, 0.1) is 0 Å². The number of rotatable bonds is 12. The molecule has 1 atom stereocenters. The molecule has 31 heavy (non-hydrogen) atoms. The van der Waals surface area contributed by atoms with Crippen molar-refractivity contribution in [2.75, 3.05) is 26.2 Å². The van der Waals surface area contributed by atoms with Gasteiger partial charge in [0.25, 0.3) is 0 Å². The van der Waals surface area contributed by atoms with Crippen molar-refractivity contribution in [1.29, 1.82) is 0 Å². The summed E-state index contributed by atoms with van der Waals surface area (Å²) in [6.45, 7) is 3.13. The lowest BCUT2D eigenvalue weighted by Crippen LogP contribution is -2.32. The molecule has 0 aliphatic rings. The summed E-state index contributed by atoms with van der Waals surface area (Å²) in [5.74, 6) is 0.0354. The van der Waals surface area contributed by atoms with Crippen LogP contribution in [0.2, 0.25) is 0 Å². The second kappa shape index (κ2) is 13.0. The van der Waals surface area contributed by atoms with E-state index in [1.807, 2.05) is 49.4 Å². The largest absolute Gasteiger partial charge is 0.356 e. The van der Waals surface area contributed by atoms with Gasteiger partial charge >= 0.3 is 0 Å². The molecule has 3 aromatic rings. The van der Waals surface area contributed by atoms with Gasteiger partial charge in [0.05, 0.1) is 12.6 Å². The predicted octanol–water partition coefficient (Wildman–Crippen LogP) is 4.38. The van der Waals surface area contributed by atoms with E-state index in [4.69, 9.17) is 9.47 Å². The van der Waals surface area contributed by atoms with Crippen molar-refractivity contribution >= 4 is 24.4 Å². The molecule has 5 heteroatoms. The van der Waals surface area contributed by atoms with Gasteiger partial charge in [-0.2, -0.15) is 0 Å². The first-order valence-electron chi connectivity index (χ1n) is 10.7. The Balaban J connectivity index is 1.64. The van der Waals surface area contributed by atoms with Crippen LogP contribution < -0.4 is 15.9 Å². The molecule has 0 aromatic heterocycles. The summed E-state index contributed by atoms with van der Waals surface area (Å²) < 4.78 is 10.9. The molecular weight excluding hydrogens is 405 g/mol. The van der Waals surface area contributed by atoms with Gasteiger partial charge in [-0.15, -0.1) is 0 Å². The summed E-state index contributed by atoms with van der Waals surface area (Å²) in [7, 11) is -0.591. The molecule has 0 aliphatic carbocycles. The Labute approximate surface area is 186 Å². The van der Waals surface area contributed by atoms with E-state index in [2.05, 4.69) is 53.8 Å². The van der Waals surface area contributed by atoms with Gasteiger partial charge in [0.15, 0.2) is 0 Å². The molecule has 0 fully saturated rings. The highest BCUT2D eigenvalue weighted by atomic mass is 31.1. The van der Waals surface area contributed by atoms with Crippen molar-refractivity contribution in [2.24, 2.45) is 0 Å². The van der Waals surface area contributed by atoms with E-state index >= 15 is 0 Å². The molecule has 0 aliphatic heterocycles. The number of hydrogen-bond donors (Lipinski definition) is 1. The summed E-state index contributed by atoms with van der Waals surface area (Å²) in [5.41, 5.74) is 1.03. The molecule has 0 spiro atoms. The van der Waals surface area contributed by atoms with Crippen LogP contribution in [0.4, 0.5) is 0 Å². The summed E-state index contributed by atoms with van der Waals surface area (Å²) in [6, 6.07) is 30.7. The first-order valence-corrected chi connectivity index (χ1v) is 12.2. The lowest BCUT2D eigenvalue weighted by molar-refractivity contribution is -0.122. The van der Waals surface area contributed by atoms with Gasteiger partial charge in [-0.1, -0.05) is 91.0 Å². The van der Waals surface area contributed by atoms with Gasteiger partial charge < -0.3 is 14.8 Å². The standard InChI is InChI=1S/C26H30NO3P/c1-2-29-21-30-20-25(22-12-6-3-7-13-22)27-26(28)18-19-31(23-14-8-4-9-15-23)24-16-10-5-11-17-24/h3-17,25H,2,18-21H2,1H3,(H,27,28)/t25-/m0/s1. The minimum Gasteiger partial charge on any atom is -0.356 e. The highest BCUT2D eigenvalue weighted by Gasteiger charge is 2.18. The van der Waals surface area contributed by atoms with E-state index in [1.54, 1.807) is 0 Å². The smallest absolute Gasteiger partial charge is 0.220 e.